The van der Waals surface area contributed by atoms with Crippen molar-refractivity contribution in [2.75, 3.05) is 6.54 Å². The van der Waals surface area contributed by atoms with Gasteiger partial charge in [-0.2, -0.15) is 0 Å². The highest BCUT2D eigenvalue weighted by Gasteiger charge is 2.29. The summed E-state index contributed by atoms with van der Waals surface area (Å²) in [6.07, 6.45) is 2.70. The zero-order valence-corrected chi connectivity index (χ0v) is 6.12. The third-order valence-corrected chi connectivity index (χ3v) is 1.73. The van der Waals surface area contributed by atoms with E-state index in [1.54, 1.807) is 0 Å². The highest BCUT2D eigenvalue weighted by atomic mass is 16.2. The Hall–Kier alpha value is -1.32. The summed E-state index contributed by atoms with van der Waals surface area (Å²) >= 11 is 0. The van der Waals surface area contributed by atoms with Crippen LogP contribution in [0.5, 0.6) is 0 Å². The van der Waals surface area contributed by atoms with Crippen molar-refractivity contribution in [3.05, 3.63) is 12.8 Å². The SMILES string of the molecule is C=CN1CCC(NC=O)C1=O. The molecule has 0 saturated carbocycles. The smallest absolute Gasteiger partial charge is 0.249 e. The van der Waals surface area contributed by atoms with Crippen LogP contribution < -0.4 is 5.32 Å². The largest absolute Gasteiger partial charge is 0.347 e. The predicted molar refractivity (Wildman–Crippen MR) is 39.5 cm³/mol. The van der Waals surface area contributed by atoms with Crippen molar-refractivity contribution < 1.29 is 9.59 Å². The molecule has 60 valence electrons. The van der Waals surface area contributed by atoms with E-state index in [4.69, 9.17) is 0 Å². The van der Waals surface area contributed by atoms with Crippen LogP contribution in [0.15, 0.2) is 12.8 Å². The zero-order chi connectivity index (χ0) is 8.27. The normalized spacial score (nSPS) is 23.5. The van der Waals surface area contributed by atoms with Crippen molar-refractivity contribution in [1.29, 1.82) is 0 Å². The Bertz CT molecular complexity index is 191. The van der Waals surface area contributed by atoms with E-state index in [1.807, 2.05) is 0 Å². The van der Waals surface area contributed by atoms with E-state index in [0.29, 0.717) is 19.4 Å². The van der Waals surface area contributed by atoms with Crippen LogP contribution >= 0.6 is 0 Å². The van der Waals surface area contributed by atoms with Crippen LogP contribution in [0.4, 0.5) is 0 Å². The number of amides is 2. The molecule has 1 heterocycles. The van der Waals surface area contributed by atoms with Crippen molar-refractivity contribution in [3.63, 3.8) is 0 Å². The Labute approximate surface area is 64.9 Å². The number of nitrogens with zero attached hydrogens (tertiary/aromatic N) is 1. The van der Waals surface area contributed by atoms with E-state index in [-0.39, 0.29) is 11.9 Å². The Morgan fingerprint density at radius 1 is 1.73 bits per heavy atom. The molecule has 1 saturated heterocycles. The number of likely N-dealkylation sites (tertiary alicyclic amines) is 1. The van der Waals surface area contributed by atoms with Gasteiger partial charge >= 0.3 is 0 Å². The summed E-state index contributed by atoms with van der Waals surface area (Å²) in [5.74, 6) is -0.0768. The minimum absolute atomic E-state index is 0.0768. The average Bonchev–Trinajstić information content (AvgIpc) is 2.34. The molecule has 1 unspecified atom stereocenters. The lowest BCUT2D eigenvalue weighted by atomic mass is 10.3. The monoisotopic (exact) mass is 154 g/mol. The molecule has 1 atom stereocenters. The van der Waals surface area contributed by atoms with Crippen molar-refractivity contribution in [2.45, 2.75) is 12.5 Å². The predicted octanol–water partition coefficient (Wildman–Crippen LogP) is -0.523. The van der Waals surface area contributed by atoms with Crippen molar-refractivity contribution in [1.82, 2.24) is 10.2 Å². The second-order valence-corrected chi connectivity index (χ2v) is 2.34. The molecule has 0 aromatic heterocycles. The van der Waals surface area contributed by atoms with Gasteiger partial charge in [0.2, 0.25) is 12.3 Å². The Kier molecular flexibility index (Phi) is 2.25. The standard InChI is InChI=1S/C7H10N2O2/c1-2-9-4-3-6(7(9)11)8-5-10/h2,5-6H,1,3-4H2,(H,8,10). The molecule has 4 nitrogen and oxygen atoms in total. The fourth-order valence-corrected chi connectivity index (χ4v) is 1.12. The van der Waals surface area contributed by atoms with Crippen molar-refractivity contribution >= 4 is 12.3 Å². The lowest BCUT2D eigenvalue weighted by Gasteiger charge is -2.09. The number of hydrogen-bond donors (Lipinski definition) is 1. The van der Waals surface area contributed by atoms with E-state index in [2.05, 4.69) is 11.9 Å². The molecule has 0 spiro atoms. The van der Waals surface area contributed by atoms with E-state index in [1.165, 1.54) is 11.1 Å². The van der Waals surface area contributed by atoms with Crippen LogP contribution in [-0.2, 0) is 9.59 Å². The van der Waals surface area contributed by atoms with Crippen LogP contribution in [-0.4, -0.2) is 29.8 Å². The molecule has 4 heteroatoms. The summed E-state index contributed by atoms with van der Waals surface area (Å²) in [6.45, 7) is 4.12. The molecule has 0 aromatic carbocycles. The van der Waals surface area contributed by atoms with Crippen LogP contribution in [0.1, 0.15) is 6.42 Å². The third-order valence-electron chi connectivity index (χ3n) is 1.73. The maximum Gasteiger partial charge on any atom is 0.249 e. The summed E-state index contributed by atoms with van der Waals surface area (Å²) in [5, 5.41) is 2.44. The average molecular weight is 154 g/mol. The van der Waals surface area contributed by atoms with Gasteiger partial charge < -0.3 is 10.2 Å². The van der Waals surface area contributed by atoms with Crippen molar-refractivity contribution in [2.24, 2.45) is 0 Å². The maximum absolute atomic E-state index is 11.2. The van der Waals surface area contributed by atoms with Crippen LogP contribution in [0.25, 0.3) is 0 Å². The van der Waals surface area contributed by atoms with Crippen LogP contribution in [0.3, 0.4) is 0 Å². The number of nitrogens with one attached hydrogen (secondary N) is 1. The van der Waals surface area contributed by atoms with Crippen LogP contribution in [0, 0.1) is 0 Å². The lowest BCUT2D eigenvalue weighted by molar-refractivity contribution is -0.128. The number of hydrogen-bond acceptors (Lipinski definition) is 2. The molecule has 0 bridgehead atoms. The summed E-state index contributed by atoms with van der Waals surface area (Å²) in [4.78, 5) is 22.7. The van der Waals surface area contributed by atoms with Gasteiger partial charge in [0.15, 0.2) is 0 Å². The molecule has 0 aromatic rings. The quantitative estimate of drug-likeness (QED) is 0.556. The van der Waals surface area contributed by atoms with Gasteiger partial charge in [0, 0.05) is 6.54 Å². The Balaban J connectivity index is 2.55. The minimum Gasteiger partial charge on any atom is -0.347 e. The molecule has 1 rings (SSSR count). The molecule has 0 aliphatic carbocycles. The Morgan fingerprint density at radius 3 is 2.91 bits per heavy atom. The molecule has 0 radical (unpaired) electrons. The molecule has 1 aliphatic heterocycles. The number of carbonyl (C=O) groups excluding carboxylic acids is 2. The van der Waals surface area contributed by atoms with Gasteiger partial charge in [0.05, 0.1) is 0 Å². The second-order valence-electron chi connectivity index (χ2n) is 2.34. The molecule has 11 heavy (non-hydrogen) atoms. The molecule has 1 aliphatic rings. The van der Waals surface area contributed by atoms with E-state index in [9.17, 15) is 9.59 Å². The van der Waals surface area contributed by atoms with Crippen LogP contribution in [0.2, 0.25) is 0 Å². The van der Waals surface area contributed by atoms with Gasteiger partial charge in [-0.15, -0.1) is 0 Å². The first-order chi connectivity index (χ1) is 5.29. The minimum atomic E-state index is -0.342. The number of carbonyl (C=O) groups is 2. The molecule has 2 amide bonds. The molecule has 1 fully saturated rings. The van der Waals surface area contributed by atoms with E-state index in [0.717, 1.165) is 0 Å². The van der Waals surface area contributed by atoms with Gasteiger partial charge in [-0.25, -0.2) is 0 Å². The molecule has 1 N–H and O–H groups in total. The van der Waals surface area contributed by atoms with E-state index < -0.39 is 0 Å². The van der Waals surface area contributed by atoms with Gasteiger partial charge in [0.1, 0.15) is 6.04 Å². The fourth-order valence-electron chi connectivity index (χ4n) is 1.12. The summed E-state index contributed by atoms with van der Waals surface area (Å²) in [6, 6.07) is -0.342. The zero-order valence-electron chi connectivity index (χ0n) is 6.12. The number of rotatable bonds is 3. The third kappa shape index (κ3) is 1.39. The van der Waals surface area contributed by atoms with Crippen molar-refractivity contribution in [3.8, 4) is 0 Å². The Morgan fingerprint density at radius 2 is 2.45 bits per heavy atom. The summed E-state index contributed by atoms with van der Waals surface area (Å²) in [7, 11) is 0. The van der Waals surface area contributed by atoms with E-state index >= 15 is 0 Å². The fraction of sp³-hybridized carbons (Fsp3) is 0.429. The second kappa shape index (κ2) is 3.18. The van der Waals surface area contributed by atoms with Gasteiger partial charge in [-0.3, -0.25) is 9.59 Å². The highest BCUT2D eigenvalue weighted by molar-refractivity contribution is 5.86. The first-order valence-corrected chi connectivity index (χ1v) is 3.42. The van der Waals surface area contributed by atoms with Gasteiger partial charge in [-0.05, 0) is 12.6 Å². The maximum atomic E-state index is 11.2. The first kappa shape index (κ1) is 7.78. The van der Waals surface area contributed by atoms with Gasteiger partial charge in [-0.1, -0.05) is 6.58 Å². The highest BCUT2D eigenvalue weighted by Crippen LogP contribution is 2.09. The summed E-state index contributed by atoms with van der Waals surface area (Å²) < 4.78 is 0. The van der Waals surface area contributed by atoms with Gasteiger partial charge in [0.25, 0.3) is 0 Å². The lowest BCUT2D eigenvalue weighted by Crippen LogP contribution is -2.35. The first-order valence-electron chi connectivity index (χ1n) is 3.42. The topological polar surface area (TPSA) is 49.4 Å². The molecular formula is C7H10N2O2. The molecular weight excluding hydrogens is 144 g/mol. The summed E-state index contributed by atoms with van der Waals surface area (Å²) in [5.41, 5.74) is 0.